The fourth-order valence-electron chi connectivity index (χ4n) is 2.84. The molecule has 2 rings (SSSR count). The van der Waals surface area contributed by atoms with Crippen LogP contribution in [-0.4, -0.2) is 41.3 Å². The quantitative estimate of drug-likeness (QED) is 0.544. The van der Waals surface area contributed by atoms with E-state index in [2.05, 4.69) is 5.32 Å². The number of aliphatic hydroxyl groups is 1. The van der Waals surface area contributed by atoms with E-state index >= 15 is 0 Å². The number of ether oxygens (including phenoxy) is 2. The third-order valence-electron chi connectivity index (χ3n) is 4.05. The van der Waals surface area contributed by atoms with Crippen LogP contribution in [0.25, 0.3) is 0 Å². The lowest BCUT2D eigenvalue weighted by Crippen LogP contribution is -2.38. The summed E-state index contributed by atoms with van der Waals surface area (Å²) in [4.78, 5) is 24.4. The second-order valence-corrected chi connectivity index (χ2v) is 7.61. The van der Waals surface area contributed by atoms with Crippen LogP contribution in [0.2, 0.25) is 0 Å². The average Bonchev–Trinajstić information content (AvgIpc) is 2.53. The van der Waals surface area contributed by atoms with Gasteiger partial charge < -0.3 is 25.6 Å². The lowest BCUT2D eigenvalue weighted by molar-refractivity contribution is -0.157. The summed E-state index contributed by atoms with van der Waals surface area (Å²) in [6.07, 6.45) is 2.53. The lowest BCUT2D eigenvalue weighted by atomic mass is 9.93. The van der Waals surface area contributed by atoms with Gasteiger partial charge in [0.25, 0.3) is 5.91 Å². The number of hydrogen-bond donors (Lipinski definition) is 3. The molecule has 144 valence electrons. The van der Waals surface area contributed by atoms with Crippen LogP contribution in [-0.2, 0) is 9.53 Å². The predicted octanol–water partition coefficient (Wildman–Crippen LogP) is 2.02. The van der Waals surface area contributed by atoms with Crippen LogP contribution in [0.5, 0.6) is 5.75 Å². The number of aliphatic hydroxyl groups excluding tert-OH is 1. The first-order chi connectivity index (χ1) is 12.1. The van der Waals surface area contributed by atoms with Gasteiger partial charge in [0, 0.05) is 17.8 Å². The van der Waals surface area contributed by atoms with Crippen LogP contribution < -0.4 is 15.8 Å². The first-order valence-electron chi connectivity index (χ1n) is 8.87. The Hall–Kier alpha value is -2.28. The summed E-state index contributed by atoms with van der Waals surface area (Å²) in [6, 6.07) is 4.72. The number of hydrogen-bond acceptors (Lipinski definition) is 6. The zero-order valence-electron chi connectivity index (χ0n) is 15.6. The zero-order chi connectivity index (χ0) is 19.3. The van der Waals surface area contributed by atoms with Gasteiger partial charge >= 0.3 is 5.97 Å². The van der Waals surface area contributed by atoms with E-state index in [0.717, 1.165) is 12.8 Å². The molecule has 1 aromatic carbocycles. The molecule has 0 aromatic heterocycles. The van der Waals surface area contributed by atoms with Crippen LogP contribution in [0, 0.1) is 0 Å². The number of benzene rings is 1. The molecule has 7 heteroatoms. The van der Waals surface area contributed by atoms with Gasteiger partial charge in [0.05, 0.1) is 11.7 Å². The first-order valence-corrected chi connectivity index (χ1v) is 8.87. The van der Waals surface area contributed by atoms with Crippen LogP contribution in [0.15, 0.2) is 18.2 Å². The molecule has 0 spiro atoms. The molecule has 26 heavy (non-hydrogen) atoms. The number of amides is 1. The summed E-state index contributed by atoms with van der Waals surface area (Å²) in [5.41, 5.74) is 5.92. The Morgan fingerprint density at radius 1 is 1.23 bits per heavy atom. The standard InChI is InChI=1S/C19H28N2O5/c1-19(2,3)26-17(23)11-25-16-10-12(20)4-9-15(16)18(24)21-13-5-7-14(22)8-6-13/h4,9-10,13-14,22H,5-8,11,20H2,1-3H3,(H,21,24). The maximum absolute atomic E-state index is 12.6. The summed E-state index contributed by atoms with van der Waals surface area (Å²) in [5.74, 6) is -0.567. The first kappa shape index (κ1) is 20.0. The lowest BCUT2D eigenvalue weighted by Gasteiger charge is -2.26. The maximum atomic E-state index is 12.6. The van der Waals surface area contributed by atoms with Gasteiger partial charge in [0.2, 0.25) is 0 Å². The van der Waals surface area contributed by atoms with Crippen molar-refractivity contribution in [2.45, 2.75) is 64.2 Å². The monoisotopic (exact) mass is 364 g/mol. The largest absolute Gasteiger partial charge is 0.481 e. The van der Waals surface area contributed by atoms with Gasteiger partial charge in [-0.3, -0.25) is 4.79 Å². The van der Waals surface area contributed by atoms with E-state index in [-0.39, 0.29) is 30.4 Å². The SMILES string of the molecule is CC(C)(C)OC(=O)COc1cc(N)ccc1C(=O)NC1CCC(O)CC1. The third-order valence-corrected chi connectivity index (χ3v) is 4.05. The van der Waals surface area contributed by atoms with Gasteiger partial charge in [0.1, 0.15) is 11.4 Å². The Morgan fingerprint density at radius 2 is 1.88 bits per heavy atom. The van der Waals surface area contributed by atoms with E-state index in [1.807, 2.05) is 0 Å². The fraction of sp³-hybridized carbons (Fsp3) is 0.579. The molecule has 0 heterocycles. The molecule has 0 unspecified atom stereocenters. The Kier molecular flexibility index (Phi) is 6.47. The number of nitrogen functional groups attached to an aromatic ring is 1. The summed E-state index contributed by atoms with van der Waals surface area (Å²) in [5, 5.41) is 12.5. The molecule has 0 bridgehead atoms. The number of esters is 1. The van der Waals surface area contributed by atoms with E-state index in [4.69, 9.17) is 15.2 Å². The molecule has 1 aromatic rings. The van der Waals surface area contributed by atoms with Crippen LogP contribution >= 0.6 is 0 Å². The van der Waals surface area contributed by atoms with Crippen LogP contribution in [0.3, 0.4) is 0 Å². The highest BCUT2D eigenvalue weighted by molar-refractivity contribution is 5.97. The predicted molar refractivity (Wildman–Crippen MR) is 97.9 cm³/mol. The fourth-order valence-corrected chi connectivity index (χ4v) is 2.84. The van der Waals surface area contributed by atoms with Crippen molar-refractivity contribution >= 4 is 17.6 Å². The molecule has 7 nitrogen and oxygen atoms in total. The van der Waals surface area contributed by atoms with Gasteiger partial charge in [-0.1, -0.05) is 0 Å². The molecule has 1 aliphatic carbocycles. The van der Waals surface area contributed by atoms with Crippen molar-refractivity contribution < 1.29 is 24.2 Å². The second kappa shape index (κ2) is 8.40. The highest BCUT2D eigenvalue weighted by atomic mass is 16.6. The van der Waals surface area contributed by atoms with Gasteiger partial charge in [-0.05, 0) is 58.6 Å². The van der Waals surface area contributed by atoms with Gasteiger partial charge in [-0.15, -0.1) is 0 Å². The second-order valence-electron chi connectivity index (χ2n) is 7.61. The van der Waals surface area contributed by atoms with Crippen LogP contribution in [0.4, 0.5) is 5.69 Å². The van der Waals surface area contributed by atoms with Gasteiger partial charge in [0.15, 0.2) is 6.61 Å². The molecule has 0 saturated heterocycles. The summed E-state index contributed by atoms with van der Waals surface area (Å²) in [7, 11) is 0. The number of rotatable bonds is 5. The Labute approximate surface area is 153 Å². The smallest absolute Gasteiger partial charge is 0.344 e. The van der Waals surface area contributed by atoms with Crippen molar-refractivity contribution in [3.63, 3.8) is 0 Å². The molecule has 1 amide bonds. The van der Waals surface area contributed by atoms with Gasteiger partial charge in [-0.2, -0.15) is 0 Å². The topological polar surface area (TPSA) is 111 Å². The molecule has 0 aliphatic heterocycles. The molecule has 1 fully saturated rings. The number of anilines is 1. The third kappa shape index (κ3) is 6.22. The molecule has 4 N–H and O–H groups in total. The minimum Gasteiger partial charge on any atom is -0.481 e. The normalized spacial score (nSPS) is 20.3. The van der Waals surface area contributed by atoms with Crippen molar-refractivity contribution in [2.24, 2.45) is 0 Å². The average molecular weight is 364 g/mol. The van der Waals surface area contributed by atoms with E-state index in [9.17, 15) is 14.7 Å². The maximum Gasteiger partial charge on any atom is 0.344 e. The van der Waals surface area contributed by atoms with Crippen LogP contribution in [0.1, 0.15) is 56.8 Å². The minimum atomic E-state index is -0.609. The molecule has 0 radical (unpaired) electrons. The Bertz CT molecular complexity index is 646. The summed E-state index contributed by atoms with van der Waals surface area (Å²) >= 11 is 0. The molecule has 1 saturated carbocycles. The van der Waals surface area contributed by atoms with E-state index in [1.54, 1.807) is 32.9 Å². The van der Waals surface area contributed by atoms with Crippen molar-refractivity contribution in [3.05, 3.63) is 23.8 Å². The van der Waals surface area contributed by atoms with Crippen molar-refractivity contribution in [3.8, 4) is 5.75 Å². The van der Waals surface area contributed by atoms with Crippen molar-refractivity contribution in [1.29, 1.82) is 0 Å². The minimum absolute atomic E-state index is 0.0159. The van der Waals surface area contributed by atoms with Crippen molar-refractivity contribution in [2.75, 3.05) is 12.3 Å². The summed E-state index contributed by atoms with van der Waals surface area (Å²) in [6.45, 7) is 5.00. The van der Waals surface area contributed by atoms with E-state index < -0.39 is 11.6 Å². The number of nitrogens with one attached hydrogen (secondary N) is 1. The number of carbonyl (C=O) groups is 2. The molecule has 1 aliphatic rings. The van der Waals surface area contributed by atoms with E-state index in [1.165, 1.54) is 6.07 Å². The zero-order valence-corrected chi connectivity index (χ0v) is 15.6. The molecular weight excluding hydrogens is 336 g/mol. The highest BCUT2D eigenvalue weighted by Crippen LogP contribution is 2.24. The molecular formula is C19H28N2O5. The van der Waals surface area contributed by atoms with E-state index in [0.29, 0.717) is 24.1 Å². The highest BCUT2D eigenvalue weighted by Gasteiger charge is 2.23. The van der Waals surface area contributed by atoms with Crippen molar-refractivity contribution in [1.82, 2.24) is 5.32 Å². The summed E-state index contributed by atoms with van der Waals surface area (Å²) < 4.78 is 10.7. The Balaban J connectivity index is 2.02. The molecule has 0 atom stereocenters. The number of carbonyl (C=O) groups excluding carboxylic acids is 2. The number of nitrogens with two attached hydrogens (primary N) is 1. The van der Waals surface area contributed by atoms with Gasteiger partial charge in [-0.25, -0.2) is 4.79 Å². The Morgan fingerprint density at radius 3 is 2.50 bits per heavy atom.